The van der Waals surface area contributed by atoms with E-state index in [-0.39, 0.29) is 0 Å². The summed E-state index contributed by atoms with van der Waals surface area (Å²) in [6.45, 7) is 0. The number of hydrogen-bond donors (Lipinski definition) is 2. The van der Waals surface area contributed by atoms with Crippen LogP contribution in [0.5, 0.6) is 0 Å². The first kappa shape index (κ1) is 11.9. The molecule has 0 fully saturated rings. The van der Waals surface area contributed by atoms with Crippen LogP contribution in [0.3, 0.4) is 0 Å². The van der Waals surface area contributed by atoms with Gasteiger partial charge in [-0.05, 0) is 31.9 Å². The number of benzene rings is 1. The van der Waals surface area contributed by atoms with Gasteiger partial charge in [0.25, 0.3) is 0 Å². The molecule has 0 saturated heterocycles. The molecule has 3 nitrogen and oxygen atoms in total. The lowest BCUT2D eigenvalue weighted by Crippen LogP contribution is -2.16. The number of nitrogens with one attached hydrogen (secondary N) is 2. The highest BCUT2D eigenvalue weighted by molar-refractivity contribution is 5.18. The number of aromatic nitrogens is 2. The summed E-state index contributed by atoms with van der Waals surface area (Å²) < 4.78 is 0. The van der Waals surface area contributed by atoms with Crippen LogP contribution in [0.15, 0.2) is 42.9 Å². The van der Waals surface area contributed by atoms with Gasteiger partial charge in [0, 0.05) is 17.9 Å². The van der Waals surface area contributed by atoms with Gasteiger partial charge in [-0.1, -0.05) is 30.3 Å². The third-order valence-electron chi connectivity index (χ3n) is 3.04. The fraction of sp³-hybridized carbons (Fsp3) is 0.357. The Morgan fingerprint density at radius 1 is 1.29 bits per heavy atom. The summed E-state index contributed by atoms with van der Waals surface area (Å²) in [5.41, 5.74) is 2.58. The van der Waals surface area contributed by atoms with E-state index in [1.165, 1.54) is 11.3 Å². The van der Waals surface area contributed by atoms with Gasteiger partial charge in [0.2, 0.25) is 0 Å². The first-order valence-electron chi connectivity index (χ1n) is 6.09. The second kappa shape index (κ2) is 6.21. The van der Waals surface area contributed by atoms with Gasteiger partial charge in [0.05, 0.1) is 6.33 Å². The number of hydrogen-bond acceptors (Lipinski definition) is 2. The van der Waals surface area contributed by atoms with Crippen molar-refractivity contribution in [3.05, 3.63) is 54.1 Å². The summed E-state index contributed by atoms with van der Waals surface area (Å²) in [4.78, 5) is 7.16. The summed E-state index contributed by atoms with van der Waals surface area (Å²) in [6, 6.07) is 11.0. The van der Waals surface area contributed by atoms with Crippen LogP contribution in [0, 0.1) is 0 Å². The van der Waals surface area contributed by atoms with Crippen molar-refractivity contribution in [2.45, 2.75) is 25.3 Å². The topological polar surface area (TPSA) is 40.7 Å². The minimum Gasteiger partial charge on any atom is -0.348 e. The molecule has 2 aromatic rings. The number of aryl methyl sites for hydroxylation is 1. The van der Waals surface area contributed by atoms with Gasteiger partial charge in [-0.2, -0.15) is 0 Å². The Labute approximate surface area is 102 Å². The lowest BCUT2D eigenvalue weighted by molar-refractivity contribution is 0.525. The monoisotopic (exact) mass is 229 g/mol. The van der Waals surface area contributed by atoms with E-state index in [1.807, 2.05) is 13.2 Å². The zero-order valence-corrected chi connectivity index (χ0v) is 10.2. The molecule has 2 rings (SSSR count). The molecule has 0 aliphatic heterocycles. The fourth-order valence-electron chi connectivity index (χ4n) is 2.08. The summed E-state index contributed by atoms with van der Waals surface area (Å²) in [5.74, 6) is 0. The van der Waals surface area contributed by atoms with E-state index < -0.39 is 0 Å². The van der Waals surface area contributed by atoms with Crippen molar-refractivity contribution in [2.24, 2.45) is 0 Å². The largest absolute Gasteiger partial charge is 0.348 e. The normalized spacial score (nSPS) is 12.5. The maximum absolute atomic E-state index is 4.03. The molecule has 2 N–H and O–H groups in total. The van der Waals surface area contributed by atoms with Crippen molar-refractivity contribution in [1.29, 1.82) is 0 Å². The average Bonchev–Trinajstić information content (AvgIpc) is 2.89. The SMILES string of the molecule is CN[C@H](CCCc1cnc[nH]1)c1ccccc1. The second-order valence-corrected chi connectivity index (χ2v) is 4.22. The van der Waals surface area contributed by atoms with Gasteiger partial charge in [-0.15, -0.1) is 0 Å². The number of nitrogens with zero attached hydrogens (tertiary/aromatic N) is 1. The maximum atomic E-state index is 4.03. The maximum Gasteiger partial charge on any atom is 0.0921 e. The molecule has 1 aromatic carbocycles. The Morgan fingerprint density at radius 2 is 2.12 bits per heavy atom. The zero-order valence-electron chi connectivity index (χ0n) is 10.2. The molecule has 90 valence electrons. The highest BCUT2D eigenvalue weighted by atomic mass is 14.9. The van der Waals surface area contributed by atoms with Crippen LogP contribution in [0.2, 0.25) is 0 Å². The van der Waals surface area contributed by atoms with Crippen molar-refractivity contribution in [2.75, 3.05) is 7.05 Å². The van der Waals surface area contributed by atoms with Crippen LogP contribution < -0.4 is 5.32 Å². The predicted molar refractivity (Wildman–Crippen MR) is 69.8 cm³/mol. The fourth-order valence-corrected chi connectivity index (χ4v) is 2.08. The highest BCUT2D eigenvalue weighted by Gasteiger charge is 2.08. The van der Waals surface area contributed by atoms with E-state index >= 15 is 0 Å². The van der Waals surface area contributed by atoms with E-state index in [9.17, 15) is 0 Å². The first-order valence-corrected chi connectivity index (χ1v) is 6.09. The van der Waals surface area contributed by atoms with Gasteiger partial charge in [-0.3, -0.25) is 0 Å². The van der Waals surface area contributed by atoms with Gasteiger partial charge in [0.15, 0.2) is 0 Å². The molecule has 0 aliphatic carbocycles. The van der Waals surface area contributed by atoms with E-state index in [1.54, 1.807) is 6.33 Å². The Morgan fingerprint density at radius 3 is 2.76 bits per heavy atom. The van der Waals surface area contributed by atoms with Crippen LogP contribution in [-0.2, 0) is 6.42 Å². The minimum atomic E-state index is 0.444. The molecule has 0 unspecified atom stereocenters. The van der Waals surface area contributed by atoms with Gasteiger partial charge in [0.1, 0.15) is 0 Å². The van der Waals surface area contributed by atoms with Gasteiger partial charge in [-0.25, -0.2) is 4.98 Å². The molecule has 1 heterocycles. The lowest BCUT2D eigenvalue weighted by atomic mass is 10.0. The summed E-state index contributed by atoms with van der Waals surface area (Å²) >= 11 is 0. The predicted octanol–water partition coefficient (Wildman–Crippen LogP) is 2.69. The summed E-state index contributed by atoms with van der Waals surface area (Å²) in [6.07, 6.45) is 6.99. The Bertz CT molecular complexity index is 408. The third-order valence-corrected chi connectivity index (χ3v) is 3.04. The van der Waals surface area contributed by atoms with E-state index in [0.29, 0.717) is 6.04 Å². The van der Waals surface area contributed by atoms with Crippen molar-refractivity contribution in [3.63, 3.8) is 0 Å². The smallest absolute Gasteiger partial charge is 0.0921 e. The average molecular weight is 229 g/mol. The molecule has 1 aromatic heterocycles. The molecular weight excluding hydrogens is 210 g/mol. The zero-order chi connectivity index (χ0) is 11.9. The van der Waals surface area contributed by atoms with E-state index in [2.05, 4.69) is 45.6 Å². The Kier molecular flexibility index (Phi) is 4.33. The molecule has 0 spiro atoms. The minimum absolute atomic E-state index is 0.444. The molecule has 0 aliphatic rings. The molecule has 17 heavy (non-hydrogen) atoms. The quantitative estimate of drug-likeness (QED) is 0.799. The molecule has 0 radical (unpaired) electrons. The number of H-pyrrole nitrogens is 1. The summed E-state index contributed by atoms with van der Waals surface area (Å²) in [5, 5.41) is 3.37. The summed E-state index contributed by atoms with van der Waals surface area (Å²) in [7, 11) is 2.02. The van der Waals surface area contributed by atoms with Crippen molar-refractivity contribution in [1.82, 2.24) is 15.3 Å². The van der Waals surface area contributed by atoms with Crippen LogP contribution >= 0.6 is 0 Å². The van der Waals surface area contributed by atoms with Crippen LogP contribution in [0.4, 0.5) is 0 Å². The van der Waals surface area contributed by atoms with Crippen molar-refractivity contribution in [3.8, 4) is 0 Å². The molecule has 1 atom stereocenters. The third kappa shape index (κ3) is 3.43. The van der Waals surface area contributed by atoms with Crippen LogP contribution in [0.25, 0.3) is 0 Å². The van der Waals surface area contributed by atoms with E-state index in [4.69, 9.17) is 0 Å². The van der Waals surface area contributed by atoms with Crippen molar-refractivity contribution < 1.29 is 0 Å². The molecule has 0 amide bonds. The molecular formula is C14H19N3. The molecule has 3 heteroatoms. The van der Waals surface area contributed by atoms with Crippen LogP contribution in [0.1, 0.15) is 30.1 Å². The molecule has 0 saturated carbocycles. The number of aromatic amines is 1. The first-order chi connectivity index (χ1) is 8.40. The molecule has 0 bridgehead atoms. The Hall–Kier alpha value is -1.61. The standard InChI is InChI=1S/C14H19N3/c1-15-14(12-6-3-2-4-7-12)9-5-8-13-10-16-11-17-13/h2-4,6-7,10-11,14-15H,5,8-9H2,1H3,(H,16,17)/t14-/m1/s1. The second-order valence-electron chi connectivity index (χ2n) is 4.22. The van der Waals surface area contributed by atoms with Crippen molar-refractivity contribution >= 4 is 0 Å². The number of rotatable bonds is 6. The number of imidazole rings is 1. The van der Waals surface area contributed by atoms with E-state index in [0.717, 1.165) is 19.3 Å². The highest BCUT2D eigenvalue weighted by Crippen LogP contribution is 2.18. The van der Waals surface area contributed by atoms with Gasteiger partial charge < -0.3 is 10.3 Å². The van der Waals surface area contributed by atoms with Crippen LogP contribution in [-0.4, -0.2) is 17.0 Å². The van der Waals surface area contributed by atoms with Gasteiger partial charge >= 0.3 is 0 Å². The lowest BCUT2D eigenvalue weighted by Gasteiger charge is -2.16. The Balaban J connectivity index is 1.84.